The average molecular weight is 432 g/mol. The Hall–Kier alpha value is -2.39. The maximum atomic E-state index is 11.3. The molecule has 2 aliphatic rings. The standard InChI is InChI=1S/C21H29N5O3S/c1-21(2)18(26-17-19(22)24-12-25-20(17)29-21)16-9-7-15(8-10-16)14-5-3-13(4-6-14)11-30(23,27)28/h7-10,12-14,18,26H,3-6,11H2,1-2H3,(H2,22,24,25)(H2,23,27,28). The monoisotopic (exact) mass is 431 g/mol. The van der Waals surface area contributed by atoms with Crippen LogP contribution in [0.25, 0.3) is 0 Å². The zero-order chi connectivity index (χ0) is 21.5. The lowest BCUT2D eigenvalue weighted by atomic mass is 9.79. The topological polar surface area (TPSA) is 133 Å². The van der Waals surface area contributed by atoms with Crippen LogP contribution >= 0.6 is 0 Å². The van der Waals surface area contributed by atoms with E-state index in [1.807, 2.05) is 13.8 Å². The Kier molecular flexibility index (Phi) is 5.36. The van der Waals surface area contributed by atoms with Gasteiger partial charge in [-0.15, -0.1) is 0 Å². The smallest absolute Gasteiger partial charge is 0.243 e. The molecule has 162 valence electrons. The summed E-state index contributed by atoms with van der Waals surface area (Å²) in [6, 6.07) is 8.48. The first-order valence-corrected chi connectivity index (χ1v) is 12.0. The quantitative estimate of drug-likeness (QED) is 0.677. The maximum absolute atomic E-state index is 11.3. The third-order valence-corrected chi connectivity index (χ3v) is 7.18. The van der Waals surface area contributed by atoms with Crippen LogP contribution in [0.4, 0.5) is 11.5 Å². The first-order valence-electron chi connectivity index (χ1n) is 10.3. The number of nitrogen functional groups attached to an aromatic ring is 1. The second-order valence-corrected chi connectivity index (χ2v) is 10.6. The summed E-state index contributed by atoms with van der Waals surface area (Å²) in [7, 11) is -3.40. The van der Waals surface area contributed by atoms with E-state index in [0.29, 0.717) is 23.3 Å². The normalized spacial score (nSPS) is 25.6. The number of benzene rings is 1. The SMILES string of the molecule is CC1(C)Oc2ncnc(N)c2NC1c1ccc(C2CCC(CS(N)(=O)=O)CC2)cc1. The number of hydrogen-bond acceptors (Lipinski definition) is 7. The first-order chi connectivity index (χ1) is 14.1. The van der Waals surface area contributed by atoms with Crippen LogP contribution in [0.2, 0.25) is 0 Å². The summed E-state index contributed by atoms with van der Waals surface area (Å²) in [5.74, 6) is 1.55. The van der Waals surface area contributed by atoms with Gasteiger partial charge in [0, 0.05) is 0 Å². The van der Waals surface area contributed by atoms with Crippen LogP contribution in [0.5, 0.6) is 5.88 Å². The summed E-state index contributed by atoms with van der Waals surface area (Å²) in [4.78, 5) is 8.24. The van der Waals surface area contributed by atoms with Gasteiger partial charge in [-0.25, -0.2) is 18.5 Å². The van der Waals surface area contributed by atoms with Gasteiger partial charge in [-0.05, 0) is 62.5 Å². The summed E-state index contributed by atoms with van der Waals surface area (Å²) in [5.41, 5.74) is 8.49. The fourth-order valence-corrected chi connectivity index (χ4v) is 5.65. The number of aromatic nitrogens is 2. The van der Waals surface area contributed by atoms with Gasteiger partial charge < -0.3 is 15.8 Å². The molecule has 0 saturated heterocycles. The van der Waals surface area contributed by atoms with Gasteiger partial charge in [0.1, 0.15) is 17.6 Å². The Bertz CT molecular complexity index is 1020. The fourth-order valence-electron chi connectivity index (χ4n) is 4.66. The van der Waals surface area contributed by atoms with Gasteiger partial charge in [-0.3, -0.25) is 0 Å². The van der Waals surface area contributed by atoms with Crippen LogP contribution in [-0.2, 0) is 10.0 Å². The molecule has 0 spiro atoms. The Balaban J connectivity index is 1.47. The molecule has 1 aliphatic carbocycles. The number of ether oxygens (including phenoxy) is 1. The van der Waals surface area contributed by atoms with E-state index in [2.05, 4.69) is 39.6 Å². The number of nitrogens with zero attached hydrogens (tertiary/aromatic N) is 2. The van der Waals surface area contributed by atoms with Crippen LogP contribution in [0.15, 0.2) is 30.6 Å². The van der Waals surface area contributed by atoms with E-state index in [1.54, 1.807) is 0 Å². The molecule has 5 N–H and O–H groups in total. The molecular weight excluding hydrogens is 402 g/mol. The molecule has 2 heterocycles. The van der Waals surface area contributed by atoms with Crippen molar-refractivity contribution in [3.05, 3.63) is 41.7 Å². The van der Waals surface area contributed by atoms with E-state index >= 15 is 0 Å². The van der Waals surface area contributed by atoms with E-state index in [4.69, 9.17) is 15.6 Å². The highest BCUT2D eigenvalue weighted by Gasteiger charge is 2.39. The minimum atomic E-state index is -3.40. The maximum Gasteiger partial charge on any atom is 0.243 e. The van der Waals surface area contributed by atoms with Crippen molar-refractivity contribution in [2.24, 2.45) is 11.1 Å². The Labute approximate surface area is 177 Å². The number of anilines is 2. The highest BCUT2D eigenvalue weighted by Crippen LogP contribution is 2.43. The number of hydrogen-bond donors (Lipinski definition) is 3. The molecule has 8 nitrogen and oxygen atoms in total. The minimum Gasteiger partial charge on any atom is -0.467 e. The molecule has 30 heavy (non-hydrogen) atoms. The van der Waals surface area contributed by atoms with Gasteiger partial charge in [-0.1, -0.05) is 24.3 Å². The molecule has 0 amide bonds. The van der Waals surface area contributed by atoms with Crippen LogP contribution < -0.4 is 20.9 Å². The van der Waals surface area contributed by atoms with E-state index < -0.39 is 15.6 Å². The van der Waals surface area contributed by atoms with Crippen LogP contribution in [0, 0.1) is 5.92 Å². The minimum absolute atomic E-state index is 0.0927. The second-order valence-electron chi connectivity index (χ2n) is 8.94. The number of sulfonamides is 1. The summed E-state index contributed by atoms with van der Waals surface area (Å²) in [5, 5.41) is 8.66. The molecule has 1 unspecified atom stereocenters. The van der Waals surface area contributed by atoms with Crippen molar-refractivity contribution in [2.75, 3.05) is 16.8 Å². The zero-order valence-electron chi connectivity index (χ0n) is 17.3. The molecule has 0 radical (unpaired) electrons. The third kappa shape index (κ3) is 4.37. The van der Waals surface area contributed by atoms with Gasteiger partial charge in [0.05, 0.1) is 11.8 Å². The van der Waals surface area contributed by atoms with E-state index in [9.17, 15) is 8.42 Å². The number of primary sulfonamides is 1. The number of fused-ring (bicyclic) bond motifs is 1. The zero-order valence-corrected chi connectivity index (χ0v) is 18.2. The van der Waals surface area contributed by atoms with Gasteiger partial charge >= 0.3 is 0 Å². The first kappa shape index (κ1) is 20.9. The molecule has 1 saturated carbocycles. The molecule has 1 aliphatic heterocycles. The molecule has 1 aromatic carbocycles. The predicted molar refractivity (Wildman–Crippen MR) is 117 cm³/mol. The summed E-state index contributed by atoms with van der Waals surface area (Å²) < 4.78 is 28.8. The van der Waals surface area contributed by atoms with Crippen molar-refractivity contribution in [1.82, 2.24) is 9.97 Å². The van der Waals surface area contributed by atoms with Gasteiger partial charge in [0.25, 0.3) is 0 Å². The highest BCUT2D eigenvalue weighted by molar-refractivity contribution is 7.89. The van der Waals surface area contributed by atoms with Crippen LogP contribution in [0.1, 0.15) is 62.6 Å². The van der Waals surface area contributed by atoms with Crippen molar-refractivity contribution in [3.8, 4) is 5.88 Å². The second kappa shape index (κ2) is 7.70. The fraction of sp³-hybridized carbons (Fsp3) is 0.524. The molecular formula is C21H29N5O3S. The van der Waals surface area contributed by atoms with E-state index in [1.165, 1.54) is 11.9 Å². The Morgan fingerprint density at radius 3 is 2.37 bits per heavy atom. The van der Waals surface area contributed by atoms with Crippen LogP contribution in [0.3, 0.4) is 0 Å². The lowest BCUT2D eigenvalue weighted by Gasteiger charge is -2.40. The summed E-state index contributed by atoms with van der Waals surface area (Å²) >= 11 is 0. The van der Waals surface area contributed by atoms with E-state index in [-0.39, 0.29) is 17.7 Å². The average Bonchev–Trinajstić information content (AvgIpc) is 2.67. The van der Waals surface area contributed by atoms with Gasteiger partial charge in [-0.2, -0.15) is 4.98 Å². The van der Waals surface area contributed by atoms with Crippen LogP contribution in [-0.4, -0.2) is 29.7 Å². The van der Waals surface area contributed by atoms with Crippen molar-refractivity contribution < 1.29 is 13.2 Å². The molecule has 1 atom stereocenters. The summed E-state index contributed by atoms with van der Waals surface area (Å²) in [6.07, 6.45) is 5.15. The van der Waals surface area contributed by atoms with E-state index in [0.717, 1.165) is 31.2 Å². The number of nitrogens with two attached hydrogens (primary N) is 2. The predicted octanol–water partition coefficient (Wildman–Crippen LogP) is 2.95. The van der Waals surface area contributed by atoms with Crippen molar-refractivity contribution in [2.45, 2.75) is 57.1 Å². The number of rotatable bonds is 4. The Morgan fingerprint density at radius 1 is 1.10 bits per heavy atom. The van der Waals surface area contributed by atoms with Gasteiger partial charge in [0.15, 0.2) is 5.82 Å². The Morgan fingerprint density at radius 2 is 1.73 bits per heavy atom. The largest absolute Gasteiger partial charge is 0.467 e. The molecule has 1 aromatic heterocycles. The molecule has 0 bridgehead atoms. The van der Waals surface area contributed by atoms with Crippen molar-refractivity contribution >= 4 is 21.5 Å². The molecule has 1 fully saturated rings. The third-order valence-electron chi connectivity index (χ3n) is 6.24. The summed E-state index contributed by atoms with van der Waals surface area (Å²) in [6.45, 7) is 4.04. The highest BCUT2D eigenvalue weighted by atomic mass is 32.2. The lowest BCUT2D eigenvalue weighted by Crippen LogP contribution is -2.44. The van der Waals surface area contributed by atoms with Crippen molar-refractivity contribution in [3.63, 3.8) is 0 Å². The van der Waals surface area contributed by atoms with Gasteiger partial charge in [0.2, 0.25) is 15.9 Å². The molecule has 4 rings (SSSR count). The molecule has 2 aromatic rings. The number of nitrogens with one attached hydrogen (secondary N) is 1. The van der Waals surface area contributed by atoms with Crippen molar-refractivity contribution in [1.29, 1.82) is 0 Å². The molecule has 9 heteroatoms. The lowest BCUT2D eigenvalue weighted by molar-refractivity contribution is 0.0722.